The number of nitrogens with one attached hydrogen (secondary N) is 1. The molecule has 27 heavy (non-hydrogen) atoms. The number of hydrogen-bond acceptors (Lipinski definition) is 5. The number of nitrogens with zero attached hydrogens (tertiary/aromatic N) is 1. The van der Waals surface area contributed by atoms with E-state index in [1.165, 1.54) is 35.7 Å². The molecule has 0 radical (unpaired) electrons. The number of aliphatic carboxylic acids is 1. The van der Waals surface area contributed by atoms with Gasteiger partial charge in [0.2, 0.25) is 10.0 Å². The molecule has 1 aromatic carbocycles. The zero-order valence-electron chi connectivity index (χ0n) is 15.6. The lowest BCUT2D eigenvalue weighted by molar-refractivity contribution is -0.140. The maximum Gasteiger partial charge on any atom is 0.328 e. The van der Waals surface area contributed by atoms with E-state index in [1.54, 1.807) is 7.05 Å². The van der Waals surface area contributed by atoms with Crippen LogP contribution in [0.1, 0.15) is 42.5 Å². The number of hydrogen-bond donors (Lipinski definition) is 2. The number of amides is 1. The summed E-state index contributed by atoms with van der Waals surface area (Å²) in [6.07, 6.45) is 4.78. The van der Waals surface area contributed by atoms with Crippen LogP contribution in [0.15, 0.2) is 29.2 Å². The average Bonchev–Trinajstić information content (AvgIpc) is 2.67. The second-order valence-electron chi connectivity index (χ2n) is 6.66. The van der Waals surface area contributed by atoms with Gasteiger partial charge in [-0.15, -0.1) is 0 Å². The summed E-state index contributed by atoms with van der Waals surface area (Å²) >= 11 is 0. The van der Waals surface area contributed by atoms with Gasteiger partial charge >= 0.3 is 5.97 Å². The van der Waals surface area contributed by atoms with Crippen LogP contribution in [0.25, 0.3) is 0 Å². The molecule has 1 amide bonds. The summed E-state index contributed by atoms with van der Waals surface area (Å²) in [4.78, 5) is 23.5. The van der Waals surface area contributed by atoms with Gasteiger partial charge in [-0.3, -0.25) is 4.79 Å². The Labute approximate surface area is 159 Å². The molecule has 1 atom stereocenters. The molecule has 0 aliphatic heterocycles. The van der Waals surface area contributed by atoms with Crippen LogP contribution in [0.2, 0.25) is 0 Å². The van der Waals surface area contributed by atoms with Crippen LogP contribution < -0.4 is 5.32 Å². The maximum absolute atomic E-state index is 12.9. The third-order valence-electron chi connectivity index (χ3n) is 4.80. The molecule has 0 spiro atoms. The number of carboxylic acid groups (broad SMARTS) is 1. The van der Waals surface area contributed by atoms with Crippen molar-refractivity contribution >= 4 is 21.9 Å². The highest BCUT2D eigenvalue weighted by molar-refractivity contribution is 7.89. The van der Waals surface area contributed by atoms with E-state index in [1.807, 2.05) is 0 Å². The molecule has 8 nitrogen and oxygen atoms in total. The van der Waals surface area contributed by atoms with E-state index in [2.05, 4.69) is 5.32 Å². The number of sulfonamides is 1. The molecule has 150 valence electrons. The van der Waals surface area contributed by atoms with Crippen LogP contribution in [0.5, 0.6) is 0 Å². The molecule has 1 aliphatic rings. The number of ether oxygens (including phenoxy) is 1. The highest BCUT2D eigenvalue weighted by Gasteiger charge is 2.29. The Morgan fingerprint density at radius 3 is 2.56 bits per heavy atom. The average molecular weight is 398 g/mol. The van der Waals surface area contributed by atoms with Gasteiger partial charge in [0.1, 0.15) is 0 Å². The first-order valence-corrected chi connectivity index (χ1v) is 10.3. The summed E-state index contributed by atoms with van der Waals surface area (Å²) in [5.74, 6) is -1.90. The van der Waals surface area contributed by atoms with Gasteiger partial charge in [-0.2, -0.15) is 4.31 Å². The predicted octanol–water partition coefficient (Wildman–Crippen LogP) is 1.47. The molecule has 1 aromatic rings. The van der Waals surface area contributed by atoms with Crippen LogP contribution in [0.3, 0.4) is 0 Å². The minimum absolute atomic E-state index is 0.0156. The normalized spacial score (nSPS) is 16.9. The Bertz CT molecular complexity index is 774. The van der Waals surface area contributed by atoms with Crippen LogP contribution >= 0.6 is 0 Å². The monoisotopic (exact) mass is 398 g/mol. The molecule has 1 saturated carbocycles. The molecule has 2 N–H and O–H groups in total. The second kappa shape index (κ2) is 9.29. The Morgan fingerprint density at radius 1 is 1.30 bits per heavy atom. The van der Waals surface area contributed by atoms with Crippen molar-refractivity contribution in [3.8, 4) is 0 Å². The van der Waals surface area contributed by atoms with Gasteiger partial charge in [0.05, 0.1) is 11.5 Å². The standard InChI is InChI=1S/C18H26N2O6S/c1-20(14-8-4-3-5-9-14)27(24,25)15-10-6-7-13(11-15)17(21)19-16(12-26-2)18(22)23/h6-7,10-11,14,16H,3-5,8-9,12H2,1-2H3,(H,19,21)(H,22,23). The van der Waals surface area contributed by atoms with E-state index in [9.17, 15) is 18.0 Å². The first-order chi connectivity index (χ1) is 12.8. The van der Waals surface area contributed by atoms with Crippen LogP contribution in [0.4, 0.5) is 0 Å². The Kier molecular flexibility index (Phi) is 7.34. The largest absolute Gasteiger partial charge is 0.480 e. The predicted molar refractivity (Wildman–Crippen MR) is 99.0 cm³/mol. The van der Waals surface area contributed by atoms with E-state index >= 15 is 0 Å². The van der Waals surface area contributed by atoms with Crippen LogP contribution in [0, 0.1) is 0 Å². The molecule has 0 aromatic heterocycles. The van der Waals surface area contributed by atoms with Gasteiger partial charge < -0.3 is 15.2 Å². The van der Waals surface area contributed by atoms with E-state index in [4.69, 9.17) is 9.84 Å². The van der Waals surface area contributed by atoms with Crippen LogP contribution in [-0.2, 0) is 19.6 Å². The molecular formula is C18H26N2O6S. The molecule has 0 bridgehead atoms. The quantitative estimate of drug-likeness (QED) is 0.686. The summed E-state index contributed by atoms with van der Waals surface area (Å²) in [6, 6.07) is 4.38. The minimum Gasteiger partial charge on any atom is -0.480 e. The van der Waals surface area contributed by atoms with Gasteiger partial charge in [0.25, 0.3) is 5.91 Å². The van der Waals surface area contributed by atoms with Crippen molar-refractivity contribution in [3.63, 3.8) is 0 Å². The maximum atomic E-state index is 12.9. The fraction of sp³-hybridized carbons (Fsp3) is 0.556. The summed E-state index contributed by atoms with van der Waals surface area (Å²) in [5.41, 5.74) is 0.0791. The topological polar surface area (TPSA) is 113 Å². The fourth-order valence-electron chi connectivity index (χ4n) is 3.19. The van der Waals surface area contributed by atoms with Crippen molar-refractivity contribution in [1.82, 2.24) is 9.62 Å². The molecule has 9 heteroatoms. The van der Waals surface area contributed by atoms with E-state index in [0.717, 1.165) is 32.1 Å². The molecular weight excluding hydrogens is 372 g/mol. The number of benzene rings is 1. The lowest BCUT2D eigenvalue weighted by Crippen LogP contribution is -2.43. The number of carboxylic acids is 1. The SMILES string of the molecule is COCC(NC(=O)c1cccc(S(=O)(=O)N(C)C2CCCCC2)c1)C(=O)O. The molecule has 1 fully saturated rings. The third kappa shape index (κ3) is 5.27. The highest BCUT2D eigenvalue weighted by Crippen LogP contribution is 2.26. The van der Waals surface area contributed by atoms with E-state index in [-0.39, 0.29) is 23.1 Å². The number of rotatable bonds is 8. The van der Waals surface area contributed by atoms with Crippen molar-refractivity contribution in [2.75, 3.05) is 20.8 Å². The molecule has 1 unspecified atom stereocenters. The first kappa shape index (κ1) is 21.3. The second-order valence-corrected chi connectivity index (χ2v) is 8.66. The Balaban J connectivity index is 2.20. The fourth-order valence-corrected chi connectivity index (χ4v) is 4.65. The third-order valence-corrected chi connectivity index (χ3v) is 6.70. The smallest absolute Gasteiger partial charge is 0.328 e. The van der Waals surface area contributed by atoms with Crippen molar-refractivity contribution < 1.29 is 27.9 Å². The lowest BCUT2D eigenvalue weighted by Gasteiger charge is -2.30. The minimum atomic E-state index is -3.74. The number of carbonyl (C=O) groups excluding carboxylic acids is 1. The highest BCUT2D eigenvalue weighted by atomic mass is 32.2. The van der Waals surface area contributed by atoms with Gasteiger partial charge in [-0.25, -0.2) is 13.2 Å². The zero-order valence-corrected chi connectivity index (χ0v) is 16.4. The van der Waals surface area contributed by atoms with Gasteiger partial charge in [-0.05, 0) is 31.0 Å². The number of carbonyl (C=O) groups is 2. The lowest BCUT2D eigenvalue weighted by atomic mass is 9.96. The van der Waals surface area contributed by atoms with Crippen molar-refractivity contribution in [3.05, 3.63) is 29.8 Å². The van der Waals surface area contributed by atoms with Crippen molar-refractivity contribution in [1.29, 1.82) is 0 Å². The molecule has 1 aliphatic carbocycles. The number of methoxy groups -OCH3 is 1. The Morgan fingerprint density at radius 2 is 1.96 bits per heavy atom. The van der Waals surface area contributed by atoms with E-state index in [0.29, 0.717) is 0 Å². The van der Waals surface area contributed by atoms with Crippen LogP contribution in [-0.4, -0.2) is 62.6 Å². The summed E-state index contributed by atoms with van der Waals surface area (Å²) in [6.45, 7) is -0.191. The summed E-state index contributed by atoms with van der Waals surface area (Å²) < 4.78 is 32.0. The van der Waals surface area contributed by atoms with Gasteiger partial charge in [-0.1, -0.05) is 25.3 Å². The first-order valence-electron chi connectivity index (χ1n) is 8.88. The van der Waals surface area contributed by atoms with Gasteiger partial charge in [0.15, 0.2) is 6.04 Å². The molecule has 0 heterocycles. The molecule has 2 rings (SSSR count). The summed E-state index contributed by atoms with van der Waals surface area (Å²) in [5, 5.41) is 11.4. The van der Waals surface area contributed by atoms with Gasteiger partial charge in [0, 0.05) is 25.8 Å². The molecule has 0 saturated heterocycles. The van der Waals surface area contributed by atoms with Crippen molar-refractivity contribution in [2.24, 2.45) is 0 Å². The summed E-state index contributed by atoms with van der Waals surface area (Å²) in [7, 11) is -0.841. The van der Waals surface area contributed by atoms with E-state index < -0.39 is 27.9 Å². The zero-order chi connectivity index (χ0) is 20.0. The Hall–Kier alpha value is -1.97. The van der Waals surface area contributed by atoms with Crippen molar-refractivity contribution in [2.45, 2.75) is 49.1 Å².